The van der Waals surface area contributed by atoms with E-state index in [9.17, 15) is 13.2 Å². The lowest BCUT2D eigenvalue weighted by atomic mass is 10.0. The van der Waals surface area contributed by atoms with Crippen LogP contribution >= 0.6 is 11.6 Å². The Labute approximate surface area is 164 Å². The minimum absolute atomic E-state index is 0.0766. The van der Waals surface area contributed by atoms with Crippen molar-refractivity contribution < 1.29 is 22.6 Å². The van der Waals surface area contributed by atoms with Crippen LogP contribution in [0.3, 0.4) is 0 Å². The number of benzene rings is 1. The largest absolute Gasteiger partial charge is 0.573 e. The van der Waals surface area contributed by atoms with Gasteiger partial charge in [-0.2, -0.15) is 4.98 Å². The van der Waals surface area contributed by atoms with Crippen molar-refractivity contribution in [3.05, 3.63) is 34.5 Å². The molecular weight excluding hydrogens is 399 g/mol. The number of anilines is 3. The Kier molecular flexibility index (Phi) is 5.71. The second kappa shape index (κ2) is 7.88. The zero-order chi connectivity index (χ0) is 20.5. The fraction of sp³-hybridized carbons (Fsp3) is 0.412. The minimum Gasteiger partial charge on any atom is -0.404 e. The van der Waals surface area contributed by atoms with Gasteiger partial charge in [0.15, 0.2) is 5.75 Å². The Morgan fingerprint density at radius 3 is 2.68 bits per heavy atom. The van der Waals surface area contributed by atoms with Crippen molar-refractivity contribution in [2.45, 2.75) is 25.7 Å². The van der Waals surface area contributed by atoms with E-state index in [1.807, 2.05) is 4.90 Å². The number of alkyl halides is 3. The number of rotatable bonds is 3. The summed E-state index contributed by atoms with van der Waals surface area (Å²) in [6.45, 7) is 3.15. The standard InChI is InChI=1S/C17H19ClF3N5O2/c1-9-5-15(25-16(23)24-9)26-3-2-4-27-8-13(26)10-6-12(22)14(7-11(10)18)28-17(19,20)21/h5-7,13H,2-4,8,22H2,1H3,(H2,23,24,25). The molecule has 28 heavy (non-hydrogen) atoms. The van der Waals surface area contributed by atoms with Crippen molar-refractivity contribution in [1.29, 1.82) is 0 Å². The van der Waals surface area contributed by atoms with E-state index >= 15 is 0 Å². The lowest BCUT2D eigenvalue weighted by molar-refractivity contribution is -0.274. The first-order valence-corrected chi connectivity index (χ1v) is 8.82. The number of hydrogen-bond donors (Lipinski definition) is 2. The second-order valence-corrected chi connectivity index (χ2v) is 6.73. The van der Waals surface area contributed by atoms with Gasteiger partial charge in [-0.3, -0.25) is 0 Å². The van der Waals surface area contributed by atoms with E-state index < -0.39 is 18.2 Å². The zero-order valence-corrected chi connectivity index (χ0v) is 15.7. The van der Waals surface area contributed by atoms with Crippen LogP contribution in [0.5, 0.6) is 5.75 Å². The lowest BCUT2D eigenvalue weighted by Gasteiger charge is -2.32. The number of aromatic nitrogens is 2. The Balaban J connectivity index is 2.02. The highest BCUT2D eigenvalue weighted by Gasteiger charge is 2.33. The molecule has 4 N–H and O–H groups in total. The van der Waals surface area contributed by atoms with Gasteiger partial charge >= 0.3 is 6.36 Å². The van der Waals surface area contributed by atoms with E-state index in [2.05, 4.69) is 14.7 Å². The Morgan fingerprint density at radius 2 is 2.00 bits per heavy atom. The van der Waals surface area contributed by atoms with Gasteiger partial charge in [0.2, 0.25) is 5.95 Å². The summed E-state index contributed by atoms with van der Waals surface area (Å²) in [7, 11) is 0. The average Bonchev–Trinajstić information content (AvgIpc) is 2.81. The third-order valence-electron chi connectivity index (χ3n) is 4.21. The van der Waals surface area contributed by atoms with E-state index in [0.29, 0.717) is 30.2 Å². The number of halogens is 4. The van der Waals surface area contributed by atoms with Crippen LogP contribution in [0, 0.1) is 6.92 Å². The smallest absolute Gasteiger partial charge is 0.404 e. The van der Waals surface area contributed by atoms with Crippen LogP contribution < -0.4 is 21.1 Å². The molecule has 11 heteroatoms. The quantitative estimate of drug-likeness (QED) is 0.737. The van der Waals surface area contributed by atoms with Gasteiger partial charge in [0.25, 0.3) is 0 Å². The number of nitrogen functional groups attached to an aromatic ring is 2. The van der Waals surface area contributed by atoms with Gasteiger partial charge in [0.05, 0.1) is 18.3 Å². The number of nitrogens with two attached hydrogens (primary N) is 2. The third kappa shape index (κ3) is 4.68. The van der Waals surface area contributed by atoms with Gasteiger partial charge in [0.1, 0.15) is 5.82 Å². The van der Waals surface area contributed by atoms with E-state index in [4.69, 9.17) is 27.8 Å². The predicted molar refractivity (Wildman–Crippen MR) is 99.3 cm³/mol. The maximum atomic E-state index is 12.5. The molecule has 0 saturated carbocycles. The maximum Gasteiger partial charge on any atom is 0.573 e. The first kappa shape index (κ1) is 20.3. The predicted octanol–water partition coefficient (Wildman–Crippen LogP) is 3.47. The first-order chi connectivity index (χ1) is 13.1. The summed E-state index contributed by atoms with van der Waals surface area (Å²) < 4.78 is 47.2. The fourth-order valence-corrected chi connectivity index (χ4v) is 3.37. The number of aryl methyl sites for hydroxylation is 1. The van der Waals surface area contributed by atoms with E-state index in [1.54, 1.807) is 13.0 Å². The molecule has 3 rings (SSSR count). The lowest BCUT2D eigenvalue weighted by Crippen LogP contribution is -2.32. The van der Waals surface area contributed by atoms with Gasteiger partial charge in [-0.1, -0.05) is 11.6 Å². The van der Waals surface area contributed by atoms with Gasteiger partial charge in [-0.15, -0.1) is 13.2 Å². The average molecular weight is 418 g/mol. The molecule has 7 nitrogen and oxygen atoms in total. The molecule has 0 bridgehead atoms. The summed E-state index contributed by atoms with van der Waals surface area (Å²) >= 11 is 6.29. The Hall–Kier alpha value is -2.46. The van der Waals surface area contributed by atoms with E-state index in [-0.39, 0.29) is 23.3 Å². The van der Waals surface area contributed by atoms with Crippen molar-refractivity contribution in [1.82, 2.24) is 9.97 Å². The molecule has 0 aliphatic carbocycles. The van der Waals surface area contributed by atoms with Crippen LogP contribution in [-0.4, -0.2) is 36.1 Å². The van der Waals surface area contributed by atoms with Gasteiger partial charge in [0, 0.05) is 36.0 Å². The molecule has 0 amide bonds. The van der Waals surface area contributed by atoms with Crippen molar-refractivity contribution in [2.24, 2.45) is 0 Å². The molecule has 1 aliphatic rings. The van der Waals surface area contributed by atoms with Crippen LogP contribution in [0.2, 0.25) is 5.02 Å². The van der Waals surface area contributed by atoms with Crippen LogP contribution in [-0.2, 0) is 4.74 Å². The van der Waals surface area contributed by atoms with Gasteiger partial charge in [-0.25, -0.2) is 4.98 Å². The van der Waals surface area contributed by atoms with Crippen LogP contribution in [0.15, 0.2) is 18.2 Å². The second-order valence-electron chi connectivity index (χ2n) is 6.32. The van der Waals surface area contributed by atoms with Gasteiger partial charge in [-0.05, 0) is 25.0 Å². The maximum absolute atomic E-state index is 12.5. The molecule has 1 aromatic carbocycles. The Bertz CT molecular complexity index is 845. The highest BCUT2D eigenvalue weighted by Crippen LogP contribution is 2.39. The molecule has 152 valence electrons. The third-order valence-corrected chi connectivity index (χ3v) is 4.53. The molecule has 1 unspecified atom stereocenters. The molecule has 2 heterocycles. The van der Waals surface area contributed by atoms with Gasteiger partial charge < -0.3 is 25.8 Å². The van der Waals surface area contributed by atoms with E-state index in [0.717, 1.165) is 12.5 Å². The van der Waals surface area contributed by atoms with Crippen molar-refractivity contribution >= 4 is 29.1 Å². The summed E-state index contributed by atoms with van der Waals surface area (Å²) in [5.41, 5.74) is 12.6. The molecule has 1 aromatic heterocycles. The monoisotopic (exact) mass is 417 g/mol. The van der Waals surface area contributed by atoms with Crippen LogP contribution in [0.25, 0.3) is 0 Å². The number of ether oxygens (including phenoxy) is 2. The van der Waals surface area contributed by atoms with E-state index in [1.165, 1.54) is 6.07 Å². The van der Waals surface area contributed by atoms with Crippen molar-refractivity contribution in [3.8, 4) is 5.75 Å². The highest BCUT2D eigenvalue weighted by molar-refractivity contribution is 6.31. The number of hydrogen-bond acceptors (Lipinski definition) is 7. The summed E-state index contributed by atoms with van der Waals surface area (Å²) in [4.78, 5) is 10.3. The summed E-state index contributed by atoms with van der Waals surface area (Å²) in [6.07, 6.45) is -4.14. The molecule has 1 atom stereocenters. The summed E-state index contributed by atoms with van der Waals surface area (Å²) in [6, 6.07) is 3.77. The molecule has 1 aliphatic heterocycles. The SMILES string of the molecule is Cc1cc(N2CCCOCC2c2cc(N)c(OC(F)(F)F)cc2Cl)nc(N)n1. The normalized spacial score (nSPS) is 18.0. The molecule has 0 spiro atoms. The van der Waals surface area contributed by atoms with Crippen LogP contribution in [0.4, 0.5) is 30.6 Å². The van der Waals surface area contributed by atoms with Crippen molar-refractivity contribution in [3.63, 3.8) is 0 Å². The molecule has 2 aromatic rings. The van der Waals surface area contributed by atoms with Crippen LogP contribution in [0.1, 0.15) is 23.7 Å². The number of nitrogens with zero attached hydrogens (tertiary/aromatic N) is 3. The minimum atomic E-state index is -4.87. The Morgan fingerprint density at radius 1 is 1.25 bits per heavy atom. The zero-order valence-electron chi connectivity index (χ0n) is 15.0. The topological polar surface area (TPSA) is 99.5 Å². The molecule has 0 radical (unpaired) electrons. The summed E-state index contributed by atoms with van der Waals surface area (Å²) in [5, 5.41) is 0.0766. The summed E-state index contributed by atoms with van der Waals surface area (Å²) in [5.74, 6) is 0.147. The highest BCUT2D eigenvalue weighted by atomic mass is 35.5. The molecule has 1 saturated heterocycles. The first-order valence-electron chi connectivity index (χ1n) is 8.44. The molecular formula is C17H19ClF3N5O2. The molecule has 1 fully saturated rings. The fourth-order valence-electron chi connectivity index (χ4n) is 3.09. The van der Waals surface area contributed by atoms with Crippen molar-refractivity contribution in [2.75, 3.05) is 36.1 Å².